The summed E-state index contributed by atoms with van der Waals surface area (Å²) in [6.45, 7) is 6.27. The number of likely N-dealkylation sites (N-methyl/N-ethyl adjacent to an activating group) is 1. The molecule has 0 aliphatic carbocycles. The van der Waals surface area contributed by atoms with Crippen molar-refractivity contribution in [3.63, 3.8) is 0 Å². The number of aromatic nitrogens is 2. The van der Waals surface area contributed by atoms with E-state index in [2.05, 4.69) is 56.7 Å². The number of pyridine rings is 1. The topological polar surface area (TPSA) is 82.6 Å². The Hall–Kier alpha value is -3.53. The Labute approximate surface area is 214 Å². The van der Waals surface area contributed by atoms with Crippen LogP contribution in [-0.4, -0.2) is 65.9 Å². The third-order valence-corrected chi connectivity index (χ3v) is 7.23. The molecule has 0 radical (unpaired) electrons. The molecule has 4 aromatic rings. The zero-order valence-electron chi connectivity index (χ0n) is 20.5. The van der Waals surface area contributed by atoms with E-state index in [-0.39, 0.29) is 5.91 Å². The first-order chi connectivity index (χ1) is 17.6. The van der Waals surface area contributed by atoms with Crippen LogP contribution in [0.25, 0.3) is 10.2 Å². The van der Waals surface area contributed by atoms with Crippen molar-refractivity contribution in [1.29, 1.82) is 0 Å². The van der Waals surface area contributed by atoms with E-state index in [4.69, 9.17) is 9.72 Å². The van der Waals surface area contributed by atoms with Crippen LogP contribution in [-0.2, 0) is 13.1 Å². The Balaban J connectivity index is 1.18. The van der Waals surface area contributed by atoms with Crippen LogP contribution in [0.1, 0.15) is 21.6 Å². The van der Waals surface area contributed by atoms with Crippen molar-refractivity contribution in [3.05, 3.63) is 77.6 Å². The van der Waals surface area contributed by atoms with Crippen molar-refractivity contribution in [3.8, 4) is 11.5 Å². The van der Waals surface area contributed by atoms with Gasteiger partial charge in [0.1, 0.15) is 17.2 Å². The molecule has 5 rings (SSSR count). The van der Waals surface area contributed by atoms with E-state index in [1.54, 1.807) is 36.7 Å². The number of amides is 1. The normalized spacial score (nSPS) is 14.6. The maximum absolute atomic E-state index is 11.8. The average molecular weight is 503 g/mol. The van der Waals surface area contributed by atoms with Crippen molar-refractivity contribution in [2.75, 3.05) is 45.6 Å². The van der Waals surface area contributed by atoms with Crippen molar-refractivity contribution in [2.24, 2.45) is 0 Å². The van der Waals surface area contributed by atoms with Crippen LogP contribution in [0.2, 0.25) is 0 Å². The molecular formula is C27H30N6O2S. The number of rotatable bonds is 8. The molecule has 1 aliphatic rings. The number of hydrogen-bond donors (Lipinski definition) is 2. The van der Waals surface area contributed by atoms with Crippen molar-refractivity contribution >= 4 is 32.6 Å². The second-order valence-electron chi connectivity index (χ2n) is 8.96. The molecule has 36 heavy (non-hydrogen) atoms. The number of nitrogens with zero attached hydrogens (tertiary/aromatic N) is 4. The van der Waals surface area contributed by atoms with Gasteiger partial charge in [-0.25, -0.2) is 4.98 Å². The second-order valence-corrected chi connectivity index (χ2v) is 9.99. The van der Waals surface area contributed by atoms with E-state index in [0.717, 1.165) is 54.6 Å². The lowest BCUT2D eigenvalue weighted by Crippen LogP contribution is -2.43. The molecule has 186 valence electrons. The molecule has 0 saturated carbocycles. The van der Waals surface area contributed by atoms with E-state index >= 15 is 0 Å². The summed E-state index contributed by atoms with van der Waals surface area (Å²) >= 11 is 1.59. The highest BCUT2D eigenvalue weighted by Crippen LogP contribution is 2.31. The summed E-state index contributed by atoms with van der Waals surface area (Å²) in [5, 5.41) is 6.89. The summed E-state index contributed by atoms with van der Waals surface area (Å²) in [7, 11) is 3.76. The summed E-state index contributed by atoms with van der Waals surface area (Å²) < 4.78 is 6.99. The maximum atomic E-state index is 11.8. The predicted octanol–water partition coefficient (Wildman–Crippen LogP) is 4.20. The lowest BCUT2D eigenvalue weighted by Gasteiger charge is -2.32. The zero-order chi connectivity index (χ0) is 24.9. The van der Waals surface area contributed by atoms with Gasteiger partial charge in [-0.05, 0) is 36.4 Å². The molecule has 0 bridgehead atoms. The molecule has 2 aromatic carbocycles. The maximum Gasteiger partial charge on any atom is 0.269 e. The fraction of sp³-hybridized carbons (Fsp3) is 0.296. The van der Waals surface area contributed by atoms with E-state index in [0.29, 0.717) is 17.2 Å². The van der Waals surface area contributed by atoms with Gasteiger partial charge >= 0.3 is 0 Å². The number of thiazole rings is 1. The number of fused-ring (bicyclic) bond motifs is 1. The molecule has 1 saturated heterocycles. The van der Waals surface area contributed by atoms with Crippen molar-refractivity contribution in [1.82, 2.24) is 25.1 Å². The Bertz CT molecular complexity index is 1330. The lowest BCUT2D eigenvalue weighted by molar-refractivity contribution is 0.0958. The van der Waals surface area contributed by atoms with Crippen LogP contribution < -0.4 is 15.4 Å². The van der Waals surface area contributed by atoms with Gasteiger partial charge in [-0.15, -0.1) is 0 Å². The van der Waals surface area contributed by atoms with Crippen LogP contribution in [0.15, 0.2) is 60.8 Å². The highest BCUT2D eigenvalue weighted by molar-refractivity contribution is 7.22. The van der Waals surface area contributed by atoms with E-state index in [1.807, 2.05) is 18.2 Å². The Kier molecular flexibility index (Phi) is 7.41. The largest absolute Gasteiger partial charge is 0.457 e. The number of anilines is 1. The zero-order valence-corrected chi connectivity index (χ0v) is 21.3. The van der Waals surface area contributed by atoms with Gasteiger partial charge in [-0.1, -0.05) is 35.6 Å². The van der Waals surface area contributed by atoms with Gasteiger partial charge in [0.15, 0.2) is 5.13 Å². The van der Waals surface area contributed by atoms with Crippen molar-refractivity contribution in [2.45, 2.75) is 13.1 Å². The quantitative estimate of drug-likeness (QED) is 0.374. The molecule has 2 N–H and O–H groups in total. The fourth-order valence-electron chi connectivity index (χ4n) is 4.11. The molecule has 1 amide bonds. The SMILES string of the molecule is CNC(=O)c1cc(Oc2ccc3nc(NCc4ccc(CN5CCN(C)CC5)cc4)sc3c2)ccn1. The Morgan fingerprint density at radius 3 is 2.53 bits per heavy atom. The molecule has 1 aliphatic heterocycles. The molecule has 0 unspecified atom stereocenters. The van der Waals surface area contributed by atoms with Crippen molar-refractivity contribution < 1.29 is 9.53 Å². The molecular weight excluding hydrogens is 472 g/mol. The smallest absolute Gasteiger partial charge is 0.269 e. The number of carbonyl (C=O) groups is 1. The van der Waals surface area contributed by atoms with E-state index in [1.165, 1.54) is 11.1 Å². The number of ether oxygens (including phenoxy) is 1. The first kappa shape index (κ1) is 24.2. The first-order valence-corrected chi connectivity index (χ1v) is 12.9. The number of nitrogens with one attached hydrogen (secondary N) is 2. The van der Waals surface area contributed by atoms with Gasteiger partial charge in [-0.3, -0.25) is 14.7 Å². The molecule has 2 aromatic heterocycles. The van der Waals surface area contributed by atoms with Gasteiger partial charge in [0.05, 0.1) is 10.2 Å². The third-order valence-electron chi connectivity index (χ3n) is 6.26. The monoisotopic (exact) mass is 502 g/mol. The van der Waals surface area contributed by atoms with Crippen LogP contribution in [0.3, 0.4) is 0 Å². The predicted molar refractivity (Wildman–Crippen MR) is 144 cm³/mol. The Morgan fingerprint density at radius 2 is 1.75 bits per heavy atom. The van der Waals surface area contributed by atoms with Gasteiger partial charge in [0, 0.05) is 64.6 Å². The lowest BCUT2D eigenvalue weighted by atomic mass is 10.1. The van der Waals surface area contributed by atoms with Gasteiger partial charge in [0.25, 0.3) is 5.91 Å². The van der Waals surface area contributed by atoms with Crippen LogP contribution in [0.4, 0.5) is 5.13 Å². The minimum absolute atomic E-state index is 0.251. The summed E-state index contributed by atoms with van der Waals surface area (Å²) in [4.78, 5) is 25.5. The standard InChI is InChI=1S/C27H30N6O2S/c1-28-26(34)24-15-22(9-10-29-24)35-21-7-8-23-25(16-21)36-27(31-23)30-17-19-3-5-20(6-4-19)18-33-13-11-32(2)12-14-33/h3-10,15-16H,11-14,17-18H2,1-2H3,(H,28,34)(H,30,31). The number of piperazine rings is 1. The highest BCUT2D eigenvalue weighted by atomic mass is 32.1. The summed E-state index contributed by atoms with van der Waals surface area (Å²) in [6.07, 6.45) is 1.56. The minimum atomic E-state index is -0.251. The molecule has 8 nitrogen and oxygen atoms in total. The highest BCUT2D eigenvalue weighted by Gasteiger charge is 2.14. The molecule has 3 heterocycles. The third kappa shape index (κ3) is 5.99. The fourth-order valence-corrected chi connectivity index (χ4v) is 5.00. The van der Waals surface area contributed by atoms with Gasteiger partial charge in [0.2, 0.25) is 0 Å². The summed E-state index contributed by atoms with van der Waals surface area (Å²) in [6, 6.07) is 18.0. The second kappa shape index (κ2) is 11.0. The first-order valence-electron chi connectivity index (χ1n) is 12.0. The number of benzene rings is 2. The Morgan fingerprint density at radius 1 is 1.00 bits per heavy atom. The van der Waals surface area contributed by atoms with Crippen LogP contribution in [0, 0.1) is 0 Å². The van der Waals surface area contributed by atoms with Crippen LogP contribution >= 0.6 is 11.3 Å². The average Bonchev–Trinajstić information content (AvgIpc) is 3.31. The summed E-state index contributed by atoms with van der Waals surface area (Å²) in [5.41, 5.74) is 3.81. The van der Waals surface area contributed by atoms with E-state index in [9.17, 15) is 4.79 Å². The van der Waals surface area contributed by atoms with E-state index < -0.39 is 0 Å². The molecule has 1 fully saturated rings. The number of carbonyl (C=O) groups excluding carboxylic acids is 1. The van der Waals surface area contributed by atoms with Crippen LogP contribution in [0.5, 0.6) is 11.5 Å². The number of hydrogen-bond acceptors (Lipinski definition) is 8. The minimum Gasteiger partial charge on any atom is -0.457 e. The van der Waals surface area contributed by atoms with Gasteiger partial charge < -0.3 is 20.3 Å². The molecule has 9 heteroatoms. The summed E-state index contributed by atoms with van der Waals surface area (Å²) in [5.74, 6) is 0.989. The molecule has 0 spiro atoms. The van der Waals surface area contributed by atoms with Gasteiger partial charge in [-0.2, -0.15) is 0 Å². The molecule has 0 atom stereocenters.